The van der Waals surface area contributed by atoms with Crippen molar-refractivity contribution in [1.29, 1.82) is 0 Å². The average molecular weight is 578 g/mol. The summed E-state index contributed by atoms with van der Waals surface area (Å²) in [4.78, 5) is 0. The number of sulfonamides is 1. The molecule has 0 saturated heterocycles. The predicted molar refractivity (Wildman–Crippen MR) is 135 cm³/mol. The van der Waals surface area contributed by atoms with Crippen LogP contribution in [0.1, 0.15) is 31.4 Å². The molecule has 0 amide bonds. The van der Waals surface area contributed by atoms with Gasteiger partial charge in [-0.2, -0.15) is 25.9 Å². The minimum atomic E-state index is -5.77. The monoisotopic (exact) mass is 577 g/mol. The molecule has 0 saturated carbocycles. The van der Waals surface area contributed by atoms with E-state index in [0.717, 1.165) is 11.1 Å². The van der Waals surface area contributed by atoms with Crippen LogP contribution in [0.4, 0.5) is 13.2 Å². The smallest absolute Gasteiger partial charge is 0.497 e. The van der Waals surface area contributed by atoms with E-state index in [1.807, 2.05) is 0 Å². The zero-order valence-corrected chi connectivity index (χ0v) is 23.0. The Hall–Kier alpha value is -2.77. The summed E-state index contributed by atoms with van der Waals surface area (Å²) in [6, 6.07) is 14.0. The molecule has 0 aliphatic heterocycles. The van der Waals surface area contributed by atoms with Crippen molar-refractivity contribution < 1.29 is 43.7 Å². The van der Waals surface area contributed by atoms with Crippen molar-refractivity contribution in [2.45, 2.75) is 38.9 Å². The molecule has 13 heteroatoms. The van der Waals surface area contributed by atoms with Crippen LogP contribution in [0, 0.1) is 11.3 Å². The SMILES string of the molecule is COc1ccc(CN(Cc2ccc(OC)cc2)S(=O)(=O)CC(C)(C)[C@@H]2C=C(OS(=O)(=O)C(F)(F)F)C2)cc1. The fourth-order valence-corrected chi connectivity index (χ4v) is 6.48. The third-order valence-corrected chi connectivity index (χ3v) is 9.45. The maximum absolute atomic E-state index is 13.7. The van der Waals surface area contributed by atoms with E-state index < -0.39 is 37.0 Å². The Morgan fingerprint density at radius 2 is 1.26 bits per heavy atom. The van der Waals surface area contributed by atoms with Gasteiger partial charge in [0.25, 0.3) is 0 Å². The molecule has 0 unspecified atom stereocenters. The van der Waals surface area contributed by atoms with Crippen molar-refractivity contribution in [2.75, 3.05) is 20.0 Å². The van der Waals surface area contributed by atoms with Gasteiger partial charge >= 0.3 is 15.6 Å². The number of hydrogen-bond acceptors (Lipinski definition) is 7. The quantitative estimate of drug-likeness (QED) is 0.263. The fourth-order valence-electron chi connectivity index (χ4n) is 3.95. The van der Waals surface area contributed by atoms with Crippen LogP contribution in [0.25, 0.3) is 0 Å². The van der Waals surface area contributed by atoms with E-state index in [2.05, 4.69) is 4.18 Å². The number of alkyl halides is 3. The molecule has 1 aliphatic carbocycles. The molecule has 0 spiro atoms. The summed E-state index contributed by atoms with van der Waals surface area (Å²) in [5, 5.41) is 0. The van der Waals surface area contributed by atoms with Gasteiger partial charge in [0, 0.05) is 19.5 Å². The first-order valence-corrected chi connectivity index (χ1v) is 14.5. The molecule has 0 radical (unpaired) electrons. The van der Waals surface area contributed by atoms with E-state index in [-0.39, 0.29) is 31.0 Å². The number of ether oxygens (including phenoxy) is 2. The van der Waals surface area contributed by atoms with E-state index in [1.165, 1.54) is 24.6 Å². The minimum Gasteiger partial charge on any atom is -0.497 e. The van der Waals surface area contributed by atoms with Gasteiger partial charge in [0.1, 0.15) is 17.3 Å². The topological polar surface area (TPSA) is 99.2 Å². The molecule has 1 atom stereocenters. The Morgan fingerprint density at radius 1 is 0.842 bits per heavy atom. The van der Waals surface area contributed by atoms with Crippen molar-refractivity contribution in [3.05, 3.63) is 71.5 Å². The predicted octanol–water partition coefficient (Wildman–Crippen LogP) is 4.83. The average Bonchev–Trinajstić information content (AvgIpc) is 2.80. The lowest BCUT2D eigenvalue weighted by Crippen LogP contribution is -2.41. The lowest BCUT2D eigenvalue weighted by atomic mass is 9.73. The second-order valence-electron chi connectivity index (χ2n) is 9.64. The Labute approximate surface area is 221 Å². The Kier molecular flexibility index (Phi) is 8.74. The van der Waals surface area contributed by atoms with Gasteiger partial charge in [-0.15, -0.1) is 0 Å². The first kappa shape index (κ1) is 29.8. The zero-order valence-electron chi connectivity index (χ0n) is 21.4. The molecule has 2 aromatic rings. The molecule has 0 N–H and O–H groups in total. The first-order valence-electron chi connectivity index (χ1n) is 11.5. The molecule has 0 fully saturated rings. The Bertz CT molecular complexity index is 1300. The van der Waals surface area contributed by atoms with Crippen LogP contribution < -0.4 is 9.47 Å². The number of nitrogens with zero attached hydrogens (tertiary/aromatic N) is 1. The lowest BCUT2D eigenvalue weighted by molar-refractivity contribution is -0.0529. The van der Waals surface area contributed by atoms with Gasteiger partial charge in [-0.1, -0.05) is 38.1 Å². The maximum atomic E-state index is 13.7. The molecule has 1 aliphatic rings. The first-order chi connectivity index (χ1) is 17.6. The van der Waals surface area contributed by atoms with Crippen molar-refractivity contribution in [3.8, 4) is 11.5 Å². The number of rotatable bonds is 12. The van der Waals surface area contributed by atoms with Crippen LogP contribution in [0.15, 0.2) is 60.4 Å². The molecule has 210 valence electrons. The van der Waals surface area contributed by atoms with Gasteiger partial charge in [-0.3, -0.25) is 0 Å². The maximum Gasteiger partial charge on any atom is 0.534 e. The number of allylic oxidation sites excluding steroid dienone is 2. The molecule has 0 heterocycles. The molecule has 2 aromatic carbocycles. The van der Waals surface area contributed by atoms with E-state index in [9.17, 15) is 30.0 Å². The highest BCUT2D eigenvalue weighted by Crippen LogP contribution is 2.43. The number of methoxy groups -OCH3 is 2. The minimum absolute atomic E-state index is 0.0765. The third kappa shape index (κ3) is 7.20. The number of halogens is 3. The van der Waals surface area contributed by atoms with Gasteiger partial charge in [-0.05, 0) is 52.8 Å². The number of benzene rings is 2. The van der Waals surface area contributed by atoms with Crippen LogP contribution in [-0.4, -0.2) is 46.6 Å². The summed E-state index contributed by atoms with van der Waals surface area (Å²) >= 11 is 0. The van der Waals surface area contributed by atoms with Crippen LogP contribution in [-0.2, 0) is 37.4 Å². The van der Waals surface area contributed by atoms with Crippen LogP contribution in [0.3, 0.4) is 0 Å². The van der Waals surface area contributed by atoms with Gasteiger partial charge in [0.05, 0.1) is 20.0 Å². The highest BCUT2D eigenvalue weighted by atomic mass is 32.2. The van der Waals surface area contributed by atoms with Crippen molar-refractivity contribution in [2.24, 2.45) is 11.3 Å². The Morgan fingerprint density at radius 3 is 1.63 bits per heavy atom. The summed E-state index contributed by atoms with van der Waals surface area (Å²) < 4.78 is 103. The van der Waals surface area contributed by atoms with Crippen LogP contribution >= 0.6 is 0 Å². The molecule has 0 aromatic heterocycles. The van der Waals surface area contributed by atoms with Gasteiger partial charge < -0.3 is 13.7 Å². The van der Waals surface area contributed by atoms with Gasteiger partial charge in [0.2, 0.25) is 10.0 Å². The summed E-state index contributed by atoms with van der Waals surface area (Å²) in [7, 11) is -6.61. The fraction of sp³-hybridized carbons (Fsp3) is 0.440. The van der Waals surface area contributed by atoms with E-state index >= 15 is 0 Å². The summed E-state index contributed by atoms with van der Waals surface area (Å²) in [5.41, 5.74) is -5.00. The molecular formula is C25H30F3NO7S2. The molecule has 38 heavy (non-hydrogen) atoms. The lowest BCUT2D eigenvalue weighted by Gasteiger charge is -2.39. The second kappa shape index (κ2) is 11.1. The van der Waals surface area contributed by atoms with E-state index in [4.69, 9.17) is 9.47 Å². The summed E-state index contributed by atoms with van der Waals surface area (Å²) in [6.07, 6.45) is 1.10. The molecular weight excluding hydrogens is 547 g/mol. The van der Waals surface area contributed by atoms with Crippen molar-refractivity contribution in [1.82, 2.24) is 4.31 Å². The van der Waals surface area contributed by atoms with Crippen molar-refractivity contribution in [3.63, 3.8) is 0 Å². The normalized spacial score (nSPS) is 16.5. The molecule has 0 bridgehead atoms. The highest BCUT2D eigenvalue weighted by Gasteiger charge is 2.50. The second-order valence-corrected chi connectivity index (χ2v) is 13.1. The zero-order chi connectivity index (χ0) is 28.4. The largest absolute Gasteiger partial charge is 0.534 e. The summed E-state index contributed by atoms with van der Waals surface area (Å²) in [5.74, 6) is 0.0708. The van der Waals surface area contributed by atoms with Crippen molar-refractivity contribution >= 4 is 20.1 Å². The van der Waals surface area contributed by atoms with Crippen LogP contribution in [0.5, 0.6) is 11.5 Å². The third-order valence-electron chi connectivity index (χ3n) is 6.30. The highest BCUT2D eigenvalue weighted by molar-refractivity contribution is 7.89. The Balaban J connectivity index is 1.80. The van der Waals surface area contributed by atoms with E-state index in [0.29, 0.717) is 11.5 Å². The van der Waals surface area contributed by atoms with E-state index in [1.54, 1.807) is 62.4 Å². The summed E-state index contributed by atoms with van der Waals surface area (Å²) in [6.45, 7) is 3.49. The molecule has 3 rings (SSSR count). The van der Waals surface area contributed by atoms with Gasteiger partial charge in [-0.25, -0.2) is 8.42 Å². The number of hydrogen-bond donors (Lipinski definition) is 0. The van der Waals surface area contributed by atoms with Crippen LogP contribution in [0.2, 0.25) is 0 Å². The standard InChI is InChI=1S/C25H30F3NO7S2/c1-24(2,20-13-23(14-20)36-38(32,33)25(26,27)28)17-37(30,31)29(15-18-5-9-21(34-3)10-6-18)16-19-7-11-22(35-4)12-8-19/h5-13,20H,14-17H2,1-4H3/t20-/m1/s1. The van der Waals surface area contributed by atoms with Gasteiger partial charge in [0.15, 0.2) is 0 Å². The molecule has 8 nitrogen and oxygen atoms in total.